The third-order valence-electron chi connectivity index (χ3n) is 3.31. The Morgan fingerprint density at radius 2 is 2.32 bits per heavy atom. The van der Waals surface area contributed by atoms with Crippen molar-refractivity contribution in [1.29, 1.82) is 0 Å². The van der Waals surface area contributed by atoms with Crippen LogP contribution in [0, 0.1) is 6.92 Å². The first-order valence-corrected chi connectivity index (χ1v) is 8.95. The lowest BCUT2D eigenvalue weighted by Gasteiger charge is -2.22. The monoisotopic (exact) mass is 296 g/mol. The molecule has 0 saturated carbocycles. The molecule has 1 N–H and O–H groups in total. The highest BCUT2D eigenvalue weighted by Crippen LogP contribution is 2.24. The van der Waals surface area contributed by atoms with Crippen LogP contribution in [0.1, 0.15) is 10.6 Å². The Morgan fingerprint density at radius 3 is 3.11 bits per heavy atom. The van der Waals surface area contributed by atoms with Crippen LogP contribution in [0.4, 0.5) is 0 Å². The molecule has 1 unspecified atom stereocenters. The van der Waals surface area contributed by atoms with E-state index in [0.717, 1.165) is 10.5 Å². The maximum atomic E-state index is 11.6. The molecule has 19 heavy (non-hydrogen) atoms. The molecule has 102 valence electrons. The number of fused-ring (bicyclic) bond motifs is 1. The molecule has 0 radical (unpaired) electrons. The normalized spacial score (nSPS) is 22.7. The van der Waals surface area contributed by atoms with E-state index in [1.54, 1.807) is 11.3 Å². The summed E-state index contributed by atoms with van der Waals surface area (Å²) in [6, 6.07) is 6.20. The van der Waals surface area contributed by atoms with Crippen LogP contribution in [0.2, 0.25) is 0 Å². The number of benzene rings is 1. The van der Waals surface area contributed by atoms with Crippen molar-refractivity contribution in [2.75, 3.05) is 18.1 Å². The average Bonchev–Trinajstić information content (AvgIpc) is 2.68. The van der Waals surface area contributed by atoms with Crippen LogP contribution in [0.15, 0.2) is 18.2 Å². The predicted molar refractivity (Wildman–Crippen MR) is 78.5 cm³/mol. The van der Waals surface area contributed by atoms with Crippen LogP contribution in [0.5, 0.6) is 0 Å². The van der Waals surface area contributed by atoms with Gasteiger partial charge >= 0.3 is 0 Å². The van der Waals surface area contributed by atoms with Gasteiger partial charge in [-0.3, -0.25) is 0 Å². The average molecular weight is 296 g/mol. The van der Waals surface area contributed by atoms with Gasteiger partial charge < -0.3 is 5.32 Å². The number of hydrogen-bond acceptors (Lipinski definition) is 5. The van der Waals surface area contributed by atoms with Crippen molar-refractivity contribution < 1.29 is 8.42 Å². The molecule has 0 bridgehead atoms. The lowest BCUT2D eigenvalue weighted by Crippen LogP contribution is -2.46. The third kappa shape index (κ3) is 2.96. The molecule has 2 aromatic rings. The van der Waals surface area contributed by atoms with Gasteiger partial charge in [0.15, 0.2) is 9.84 Å². The number of nitrogens with zero attached hydrogens (tertiary/aromatic N) is 1. The summed E-state index contributed by atoms with van der Waals surface area (Å²) in [5.74, 6) is 0.477. The van der Waals surface area contributed by atoms with E-state index in [9.17, 15) is 8.42 Å². The zero-order chi connectivity index (χ0) is 13.5. The number of thiazole rings is 1. The molecule has 1 fully saturated rings. The predicted octanol–water partition coefficient (Wildman–Crippen LogP) is 1.53. The minimum absolute atomic E-state index is 0.000379. The largest absolute Gasteiger partial charge is 0.312 e. The molecular formula is C13H16N2O2S2. The summed E-state index contributed by atoms with van der Waals surface area (Å²) < 4.78 is 24.4. The maximum absolute atomic E-state index is 11.6. The first kappa shape index (κ1) is 13.0. The van der Waals surface area contributed by atoms with E-state index >= 15 is 0 Å². The summed E-state index contributed by atoms with van der Waals surface area (Å²) in [4.78, 5) is 4.58. The number of hydrogen-bond donors (Lipinski definition) is 1. The first-order valence-electron chi connectivity index (χ1n) is 6.32. The molecule has 1 aliphatic rings. The SMILES string of the molecule is Cc1ccc2nc(CC3CS(=O)(=O)CCN3)sc2c1. The molecule has 1 saturated heterocycles. The van der Waals surface area contributed by atoms with Gasteiger partial charge in [0, 0.05) is 19.0 Å². The van der Waals surface area contributed by atoms with Crippen molar-refractivity contribution in [3.63, 3.8) is 0 Å². The minimum atomic E-state index is -2.87. The van der Waals surface area contributed by atoms with Crippen molar-refractivity contribution in [3.8, 4) is 0 Å². The summed E-state index contributed by atoms with van der Waals surface area (Å²) in [5, 5.41) is 4.28. The molecule has 0 amide bonds. The summed E-state index contributed by atoms with van der Waals surface area (Å²) >= 11 is 1.66. The lowest BCUT2D eigenvalue weighted by molar-refractivity contribution is 0.515. The summed E-state index contributed by atoms with van der Waals surface area (Å²) in [5.41, 5.74) is 2.23. The highest BCUT2D eigenvalue weighted by atomic mass is 32.2. The quantitative estimate of drug-likeness (QED) is 0.913. The first-order chi connectivity index (χ1) is 9.02. The van der Waals surface area contributed by atoms with Crippen molar-refractivity contribution in [2.24, 2.45) is 0 Å². The van der Waals surface area contributed by atoms with Crippen LogP contribution in [0.25, 0.3) is 10.2 Å². The number of sulfone groups is 1. The number of nitrogens with one attached hydrogen (secondary N) is 1. The number of aromatic nitrogens is 1. The van der Waals surface area contributed by atoms with Crippen LogP contribution in [-0.4, -0.2) is 37.5 Å². The molecule has 1 aromatic heterocycles. The molecule has 1 aromatic carbocycles. The Bertz CT molecular complexity index is 707. The molecule has 0 spiro atoms. The lowest BCUT2D eigenvalue weighted by atomic mass is 10.2. The van der Waals surface area contributed by atoms with Crippen molar-refractivity contribution >= 4 is 31.4 Å². The smallest absolute Gasteiger partial charge is 0.153 e. The molecule has 4 nitrogen and oxygen atoms in total. The third-order valence-corrected chi connectivity index (χ3v) is 6.09. The molecule has 0 aliphatic carbocycles. The molecule has 3 rings (SSSR count). The van der Waals surface area contributed by atoms with Crippen molar-refractivity contribution in [1.82, 2.24) is 10.3 Å². The molecule has 6 heteroatoms. The van der Waals surface area contributed by atoms with Gasteiger partial charge in [0.1, 0.15) is 0 Å². The van der Waals surface area contributed by atoms with Crippen molar-refractivity contribution in [2.45, 2.75) is 19.4 Å². The minimum Gasteiger partial charge on any atom is -0.312 e. The second kappa shape index (κ2) is 4.85. The second-order valence-corrected chi connectivity index (χ2v) is 8.39. The summed E-state index contributed by atoms with van der Waals surface area (Å²) in [6.07, 6.45) is 0.692. The van der Waals surface area contributed by atoms with Crippen LogP contribution in [-0.2, 0) is 16.3 Å². The Labute approximate surface area is 116 Å². The second-order valence-electron chi connectivity index (χ2n) is 5.05. The molecular weight excluding hydrogens is 280 g/mol. The standard InChI is InChI=1S/C13H16N2O2S2/c1-9-2-3-11-12(6-9)18-13(15-11)7-10-8-19(16,17)5-4-14-10/h2-3,6,10,14H,4-5,7-8H2,1H3. The van der Waals surface area contributed by atoms with E-state index in [0.29, 0.717) is 13.0 Å². The van der Waals surface area contributed by atoms with Gasteiger partial charge in [0.2, 0.25) is 0 Å². The zero-order valence-electron chi connectivity index (χ0n) is 10.7. The van der Waals surface area contributed by atoms with Crippen molar-refractivity contribution in [3.05, 3.63) is 28.8 Å². The Kier molecular flexibility index (Phi) is 3.32. The fraction of sp³-hybridized carbons (Fsp3) is 0.462. The number of aryl methyl sites for hydroxylation is 1. The van der Waals surface area contributed by atoms with Gasteiger partial charge in [-0.25, -0.2) is 13.4 Å². The van der Waals surface area contributed by atoms with E-state index in [2.05, 4.69) is 29.4 Å². The van der Waals surface area contributed by atoms with Gasteiger partial charge in [-0.1, -0.05) is 6.07 Å². The van der Waals surface area contributed by atoms with E-state index < -0.39 is 9.84 Å². The van der Waals surface area contributed by atoms with Gasteiger partial charge in [-0.15, -0.1) is 11.3 Å². The summed E-state index contributed by atoms with van der Waals surface area (Å²) in [6.45, 7) is 2.62. The van der Waals surface area contributed by atoms with Crippen LogP contribution >= 0.6 is 11.3 Å². The van der Waals surface area contributed by atoms with E-state index in [4.69, 9.17) is 0 Å². The van der Waals surface area contributed by atoms with Crippen LogP contribution in [0.3, 0.4) is 0 Å². The zero-order valence-corrected chi connectivity index (χ0v) is 12.4. The Morgan fingerprint density at radius 1 is 1.47 bits per heavy atom. The highest BCUT2D eigenvalue weighted by Gasteiger charge is 2.25. The maximum Gasteiger partial charge on any atom is 0.153 e. The van der Waals surface area contributed by atoms with E-state index in [-0.39, 0.29) is 17.5 Å². The molecule has 1 aliphatic heterocycles. The van der Waals surface area contributed by atoms with Gasteiger partial charge in [0.25, 0.3) is 0 Å². The topological polar surface area (TPSA) is 59.1 Å². The van der Waals surface area contributed by atoms with E-state index in [1.807, 2.05) is 6.07 Å². The highest BCUT2D eigenvalue weighted by molar-refractivity contribution is 7.91. The van der Waals surface area contributed by atoms with Gasteiger partial charge in [-0.05, 0) is 24.6 Å². The van der Waals surface area contributed by atoms with Gasteiger partial charge in [-0.2, -0.15) is 0 Å². The number of rotatable bonds is 2. The Balaban J connectivity index is 1.81. The molecule has 2 heterocycles. The fourth-order valence-corrected chi connectivity index (χ4v) is 4.97. The van der Waals surface area contributed by atoms with E-state index in [1.165, 1.54) is 10.3 Å². The van der Waals surface area contributed by atoms with Crippen LogP contribution < -0.4 is 5.32 Å². The van der Waals surface area contributed by atoms with Gasteiger partial charge in [0.05, 0.1) is 26.7 Å². The summed E-state index contributed by atoms with van der Waals surface area (Å²) in [7, 11) is -2.87. The molecule has 1 atom stereocenters. The fourth-order valence-electron chi connectivity index (χ4n) is 2.38. The Hall–Kier alpha value is -0.980.